The molecule has 2 N–H and O–H groups in total. The molecule has 2 aromatic rings. The summed E-state index contributed by atoms with van der Waals surface area (Å²) in [5.74, 6) is 0.489. The fourth-order valence-corrected chi connectivity index (χ4v) is 4.14. The molecule has 4 nitrogen and oxygen atoms in total. The van der Waals surface area contributed by atoms with E-state index in [9.17, 15) is 4.79 Å². The number of nitrogens with two attached hydrogens (primary N) is 1. The van der Waals surface area contributed by atoms with Crippen molar-refractivity contribution >= 4 is 28.5 Å². The maximum absolute atomic E-state index is 11.8. The largest absolute Gasteiger partial charge is 0.494 e. The molecule has 0 aliphatic heterocycles. The highest BCUT2D eigenvalue weighted by molar-refractivity contribution is 7.16. The van der Waals surface area contributed by atoms with Gasteiger partial charge in [0.2, 0.25) is 0 Å². The number of carbonyl (C=O) groups excluding carboxylic acids is 1. The minimum Gasteiger partial charge on any atom is -0.494 e. The van der Waals surface area contributed by atoms with E-state index in [4.69, 9.17) is 10.5 Å². The van der Waals surface area contributed by atoms with Gasteiger partial charge in [0.15, 0.2) is 0 Å². The zero-order chi connectivity index (χ0) is 16.9. The van der Waals surface area contributed by atoms with E-state index in [-0.39, 0.29) is 5.91 Å². The second-order valence-electron chi connectivity index (χ2n) is 5.93. The first-order chi connectivity index (χ1) is 11.7. The number of ether oxygens (including phenoxy) is 1. The van der Waals surface area contributed by atoms with E-state index in [0.29, 0.717) is 5.56 Å². The number of carbonyl (C=O) groups is 1. The van der Waals surface area contributed by atoms with Crippen LogP contribution in [-0.4, -0.2) is 18.7 Å². The van der Waals surface area contributed by atoms with Gasteiger partial charge in [0.1, 0.15) is 10.8 Å². The van der Waals surface area contributed by atoms with E-state index in [2.05, 4.69) is 11.9 Å². The van der Waals surface area contributed by atoms with Crippen LogP contribution in [0.15, 0.2) is 29.3 Å². The summed E-state index contributed by atoms with van der Waals surface area (Å²) in [6.07, 6.45) is 7.03. The van der Waals surface area contributed by atoms with Crippen LogP contribution >= 0.6 is 11.3 Å². The van der Waals surface area contributed by atoms with Gasteiger partial charge in [0, 0.05) is 11.1 Å². The number of thiophene rings is 1. The van der Waals surface area contributed by atoms with Gasteiger partial charge in [-0.25, -0.2) is 4.99 Å². The number of fused-ring (bicyclic) bond motifs is 1. The third-order valence-electron chi connectivity index (χ3n) is 4.08. The molecule has 1 heterocycles. The Morgan fingerprint density at radius 1 is 1.29 bits per heavy atom. The number of aryl methyl sites for hydroxylation is 1. The van der Waals surface area contributed by atoms with Crippen LogP contribution in [0.25, 0.3) is 0 Å². The number of amides is 1. The Bertz CT molecular complexity index is 747. The van der Waals surface area contributed by atoms with Crippen LogP contribution in [0.2, 0.25) is 0 Å². The Morgan fingerprint density at radius 3 is 2.75 bits per heavy atom. The van der Waals surface area contributed by atoms with Crippen molar-refractivity contribution < 1.29 is 9.53 Å². The third-order valence-corrected chi connectivity index (χ3v) is 5.28. The Balaban J connectivity index is 1.81. The Morgan fingerprint density at radius 2 is 2.04 bits per heavy atom. The van der Waals surface area contributed by atoms with Crippen LogP contribution in [-0.2, 0) is 12.8 Å². The molecule has 24 heavy (non-hydrogen) atoms. The first-order valence-electron chi connectivity index (χ1n) is 8.40. The van der Waals surface area contributed by atoms with Crippen molar-refractivity contribution in [2.75, 3.05) is 6.61 Å². The first-order valence-corrected chi connectivity index (χ1v) is 9.22. The molecule has 0 fully saturated rings. The summed E-state index contributed by atoms with van der Waals surface area (Å²) in [6, 6.07) is 7.80. The van der Waals surface area contributed by atoms with Gasteiger partial charge in [-0.3, -0.25) is 4.79 Å². The molecule has 1 amide bonds. The average molecular weight is 342 g/mol. The van der Waals surface area contributed by atoms with Gasteiger partial charge in [0.05, 0.1) is 12.2 Å². The van der Waals surface area contributed by atoms with Gasteiger partial charge in [-0.15, -0.1) is 11.3 Å². The van der Waals surface area contributed by atoms with E-state index >= 15 is 0 Å². The summed E-state index contributed by atoms with van der Waals surface area (Å²) in [5, 5.41) is 0.737. The summed E-state index contributed by atoms with van der Waals surface area (Å²) in [6.45, 7) is 2.80. The van der Waals surface area contributed by atoms with E-state index in [1.54, 1.807) is 17.6 Å². The number of hydrogen-bond donors (Lipinski definition) is 1. The van der Waals surface area contributed by atoms with E-state index < -0.39 is 0 Å². The normalized spacial score (nSPS) is 13.9. The van der Waals surface area contributed by atoms with Crippen molar-refractivity contribution in [3.63, 3.8) is 0 Å². The topological polar surface area (TPSA) is 64.7 Å². The molecular formula is C19H22N2O2S. The lowest BCUT2D eigenvalue weighted by Crippen LogP contribution is -2.14. The van der Waals surface area contributed by atoms with Crippen molar-refractivity contribution in [2.45, 2.75) is 39.0 Å². The summed E-state index contributed by atoms with van der Waals surface area (Å²) in [5.41, 5.74) is 8.31. The van der Waals surface area contributed by atoms with Crippen LogP contribution in [0, 0.1) is 0 Å². The SMILES string of the molecule is CCCOc1ccc(C=Nc2sc3c(c2C(N)=O)CCCC3)cc1. The van der Waals surface area contributed by atoms with Crippen LogP contribution in [0.4, 0.5) is 5.00 Å². The zero-order valence-corrected chi connectivity index (χ0v) is 14.7. The van der Waals surface area contributed by atoms with Crippen molar-refractivity contribution in [1.82, 2.24) is 0 Å². The molecule has 1 aliphatic rings. The maximum atomic E-state index is 11.8. The molecular weight excluding hydrogens is 320 g/mol. The molecule has 0 atom stereocenters. The molecule has 1 aromatic heterocycles. The average Bonchev–Trinajstić information content (AvgIpc) is 2.97. The molecule has 0 saturated heterocycles. The molecule has 0 spiro atoms. The van der Waals surface area contributed by atoms with Crippen LogP contribution in [0.3, 0.4) is 0 Å². The lowest BCUT2D eigenvalue weighted by Gasteiger charge is -2.10. The lowest BCUT2D eigenvalue weighted by atomic mass is 9.95. The Kier molecular flexibility index (Phi) is 5.30. The number of rotatable bonds is 6. The Hall–Kier alpha value is -2.14. The zero-order valence-electron chi connectivity index (χ0n) is 13.9. The number of primary amides is 1. The van der Waals surface area contributed by atoms with Gasteiger partial charge >= 0.3 is 0 Å². The molecule has 126 valence electrons. The summed E-state index contributed by atoms with van der Waals surface area (Å²) in [4.78, 5) is 17.7. The van der Waals surface area contributed by atoms with Gasteiger partial charge in [-0.2, -0.15) is 0 Å². The highest BCUT2D eigenvalue weighted by Crippen LogP contribution is 2.39. The van der Waals surface area contributed by atoms with Crippen molar-refractivity contribution in [1.29, 1.82) is 0 Å². The predicted octanol–water partition coefficient (Wildman–Crippen LogP) is 4.27. The summed E-state index contributed by atoms with van der Waals surface area (Å²) >= 11 is 1.60. The molecule has 1 aliphatic carbocycles. The highest BCUT2D eigenvalue weighted by atomic mass is 32.1. The lowest BCUT2D eigenvalue weighted by molar-refractivity contribution is 0.100. The quantitative estimate of drug-likeness (QED) is 0.797. The minimum atomic E-state index is -0.370. The van der Waals surface area contributed by atoms with Gasteiger partial charge in [-0.05, 0) is 67.5 Å². The molecule has 0 bridgehead atoms. The smallest absolute Gasteiger partial charge is 0.252 e. The van der Waals surface area contributed by atoms with Crippen LogP contribution in [0.1, 0.15) is 52.5 Å². The fraction of sp³-hybridized carbons (Fsp3) is 0.368. The van der Waals surface area contributed by atoms with Gasteiger partial charge < -0.3 is 10.5 Å². The second-order valence-corrected chi connectivity index (χ2v) is 7.01. The third kappa shape index (κ3) is 3.67. The number of nitrogens with zero attached hydrogens (tertiary/aromatic N) is 1. The van der Waals surface area contributed by atoms with E-state index in [0.717, 1.165) is 54.2 Å². The number of benzene rings is 1. The monoisotopic (exact) mass is 342 g/mol. The second kappa shape index (κ2) is 7.62. The van der Waals surface area contributed by atoms with E-state index in [1.807, 2.05) is 24.3 Å². The van der Waals surface area contributed by atoms with Gasteiger partial charge in [-0.1, -0.05) is 6.92 Å². The highest BCUT2D eigenvalue weighted by Gasteiger charge is 2.23. The fourth-order valence-electron chi connectivity index (χ4n) is 2.90. The summed E-state index contributed by atoms with van der Waals surface area (Å²) < 4.78 is 5.57. The molecule has 1 aromatic carbocycles. The van der Waals surface area contributed by atoms with Gasteiger partial charge in [0.25, 0.3) is 5.91 Å². The maximum Gasteiger partial charge on any atom is 0.252 e. The molecule has 0 saturated carbocycles. The Labute approximate surface area is 146 Å². The van der Waals surface area contributed by atoms with Crippen molar-refractivity contribution in [2.24, 2.45) is 10.7 Å². The molecule has 3 rings (SSSR count). The number of hydrogen-bond acceptors (Lipinski definition) is 4. The molecule has 5 heteroatoms. The van der Waals surface area contributed by atoms with Crippen LogP contribution in [0.5, 0.6) is 5.75 Å². The number of aliphatic imine (C=N–C) groups is 1. The van der Waals surface area contributed by atoms with E-state index in [1.165, 1.54) is 11.3 Å². The predicted molar refractivity (Wildman–Crippen MR) is 99.0 cm³/mol. The minimum absolute atomic E-state index is 0.370. The van der Waals surface area contributed by atoms with Crippen molar-refractivity contribution in [3.05, 3.63) is 45.8 Å². The summed E-state index contributed by atoms with van der Waals surface area (Å²) in [7, 11) is 0. The molecule has 0 unspecified atom stereocenters. The van der Waals surface area contributed by atoms with Crippen molar-refractivity contribution in [3.8, 4) is 5.75 Å². The first kappa shape index (κ1) is 16.7. The standard InChI is InChI=1S/C19H22N2O2S/c1-2-11-23-14-9-7-13(8-10-14)12-21-19-17(18(20)22)15-5-3-4-6-16(15)24-19/h7-10,12H,2-6,11H2,1H3,(H2,20,22). The van der Waals surface area contributed by atoms with Crippen LogP contribution < -0.4 is 10.5 Å². The molecule has 0 radical (unpaired) electrons.